The number of halogens is 1. The molecule has 9 heavy (non-hydrogen) atoms. The third-order valence-corrected chi connectivity index (χ3v) is 1.35. The van der Waals surface area contributed by atoms with Gasteiger partial charge in [0.15, 0.2) is 0 Å². The molecule has 1 nitrogen and oxygen atoms in total. The van der Waals surface area contributed by atoms with Gasteiger partial charge in [-0.2, -0.15) is 6.42 Å². The van der Waals surface area contributed by atoms with Gasteiger partial charge in [-0.15, -0.1) is 0 Å². The summed E-state index contributed by atoms with van der Waals surface area (Å²) in [6.45, 7) is 4.70. The molecule has 0 saturated carbocycles. The second kappa shape index (κ2) is 7.56. The van der Waals surface area contributed by atoms with Crippen LogP contribution in [0.4, 0.5) is 0 Å². The largest absolute Gasteiger partial charge is 2.00 e. The summed E-state index contributed by atoms with van der Waals surface area (Å²) in [7, 11) is 0. The van der Waals surface area contributed by atoms with Crippen LogP contribution < -0.4 is 24.0 Å². The van der Waals surface area contributed by atoms with Crippen molar-refractivity contribution < 1.29 is 28.7 Å². The van der Waals surface area contributed by atoms with Crippen molar-refractivity contribution in [3.8, 4) is 0 Å². The van der Waals surface area contributed by atoms with Crippen molar-refractivity contribution in [1.29, 1.82) is 0 Å². The smallest absolute Gasteiger partial charge is 1.00 e. The van der Waals surface area contributed by atoms with Gasteiger partial charge in [-0.3, -0.25) is 0 Å². The van der Waals surface area contributed by atoms with Crippen molar-refractivity contribution in [1.82, 2.24) is 0 Å². The molecule has 0 radical (unpaired) electrons. The molecule has 0 amide bonds. The summed E-state index contributed by atoms with van der Waals surface area (Å²) in [5.41, 5.74) is 0. The molecule has 0 bridgehead atoms. The van der Waals surface area contributed by atoms with E-state index in [0.29, 0.717) is 6.10 Å². The molecule has 0 aromatic carbocycles. The molecule has 1 saturated heterocycles. The van der Waals surface area contributed by atoms with Crippen LogP contribution in [0.25, 0.3) is 0 Å². The average molecular weight is 250 g/mol. The number of hydrogen-bond donors (Lipinski definition) is 0. The summed E-state index contributed by atoms with van der Waals surface area (Å²) in [6, 6.07) is 0. The third-order valence-electron chi connectivity index (χ3n) is 1.35. The molecule has 0 N–H and O–H groups in total. The maximum absolute atomic E-state index is 5.24. The molecule has 50 valence electrons. The van der Waals surface area contributed by atoms with E-state index in [9.17, 15) is 0 Å². The minimum Gasteiger partial charge on any atom is -1.00 e. The first-order chi connectivity index (χ1) is 3.43. The SMILES string of the molecule is [CH2-]CC1CCCO1.[I-].[Mg+2]. The van der Waals surface area contributed by atoms with Crippen LogP contribution in [0, 0.1) is 6.92 Å². The van der Waals surface area contributed by atoms with E-state index >= 15 is 0 Å². The molecule has 1 aliphatic heterocycles. The molecule has 1 heterocycles. The first kappa shape index (κ1) is 13.1. The Morgan fingerprint density at radius 3 is 2.44 bits per heavy atom. The van der Waals surface area contributed by atoms with Gasteiger partial charge in [0.2, 0.25) is 0 Å². The van der Waals surface area contributed by atoms with Gasteiger partial charge in [-0.25, -0.2) is 0 Å². The molecule has 1 atom stereocenters. The zero-order valence-electron chi connectivity index (χ0n) is 5.61. The molecule has 1 fully saturated rings. The minimum atomic E-state index is 0. The van der Waals surface area contributed by atoms with Gasteiger partial charge >= 0.3 is 23.1 Å². The van der Waals surface area contributed by atoms with Gasteiger partial charge in [0, 0.05) is 12.7 Å². The monoisotopic (exact) mass is 250 g/mol. The topological polar surface area (TPSA) is 9.23 Å². The van der Waals surface area contributed by atoms with E-state index in [-0.39, 0.29) is 47.0 Å². The van der Waals surface area contributed by atoms with Crippen molar-refractivity contribution in [3.63, 3.8) is 0 Å². The fourth-order valence-electron chi connectivity index (χ4n) is 0.872. The number of hydrogen-bond acceptors (Lipinski definition) is 1. The minimum absolute atomic E-state index is 0. The molecule has 0 aromatic heterocycles. The summed E-state index contributed by atoms with van der Waals surface area (Å²) in [5.74, 6) is 0. The summed E-state index contributed by atoms with van der Waals surface area (Å²) in [5, 5.41) is 0. The van der Waals surface area contributed by atoms with E-state index in [1.807, 2.05) is 0 Å². The molecule has 0 spiro atoms. The molecule has 0 aromatic rings. The van der Waals surface area contributed by atoms with Crippen LogP contribution >= 0.6 is 0 Å². The van der Waals surface area contributed by atoms with E-state index in [1.165, 1.54) is 12.8 Å². The Morgan fingerprint density at radius 1 is 1.56 bits per heavy atom. The molecule has 1 aliphatic rings. The number of ether oxygens (including phenoxy) is 1. The Hall–Kier alpha value is 1.46. The average Bonchev–Trinajstić information content (AvgIpc) is 2.14. The summed E-state index contributed by atoms with van der Waals surface area (Å²) in [6.07, 6.45) is 3.89. The van der Waals surface area contributed by atoms with Gasteiger partial charge in [-0.1, -0.05) is 0 Å². The van der Waals surface area contributed by atoms with Crippen LogP contribution in [0.1, 0.15) is 19.3 Å². The van der Waals surface area contributed by atoms with Gasteiger partial charge < -0.3 is 35.6 Å². The van der Waals surface area contributed by atoms with E-state index in [4.69, 9.17) is 4.74 Å². The Balaban J connectivity index is 0. The molecule has 3 heteroatoms. The summed E-state index contributed by atoms with van der Waals surface area (Å²) < 4.78 is 5.24. The van der Waals surface area contributed by atoms with E-state index < -0.39 is 0 Å². The maximum Gasteiger partial charge on any atom is 2.00 e. The second-order valence-corrected chi connectivity index (χ2v) is 1.92. The molecular formula is C6H11IMgO. The van der Waals surface area contributed by atoms with Crippen LogP contribution in [-0.2, 0) is 4.74 Å². The first-order valence-electron chi connectivity index (χ1n) is 2.84. The van der Waals surface area contributed by atoms with Crippen LogP contribution in [0.2, 0.25) is 0 Å². The standard InChI is InChI=1S/C6H11O.HI.Mg/c1-2-6-4-3-5-7-6;;/h6H,1-5H2;1H;/q-1;;+2/p-1. The van der Waals surface area contributed by atoms with Crippen LogP contribution in [0.15, 0.2) is 0 Å². The van der Waals surface area contributed by atoms with Gasteiger partial charge in [-0.05, 0) is 12.8 Å². The van der Waals surface area contributed by atoms with Gasteiger partial charge in [0.25, 0.3) is 0 Å². The zero-order valence-corrected chi connectivity index (χ0v) is 9.18. The Bertz CT molecular complexity index is 55.0. The van der Waals surface area contributed by atoms with Crippen LogP contribution in [0.5, 0.6) is 0 Å². The zero-order chi connectivity index (χ0) is 5.11. The first-order valence-corrected chi connectivity index (χ1v) is 2.84. The molecular weight excluding hydrogens is 239 g/mol. The fourth-order valence-corrected chi connectivity index (χ4v) is 0.872. The Kier molecular flexibility index (Phi) is 11.0. The quantitative estimate of drug-likeness (QED) is 0.298. The summed E-state index contributed by atoms with van der Waals surface area (Å²) >= 11 is 0. The molecule has 1 unspecified atom stereocenters. The van der Waals surface area contributed by atoms with E-state index in [0.717, 1.165) is 13.0 Å². The summed E-state index contributed by atoms with van der Waals surface area (Å²) in [4.78, 5) is 0. The predicted octanol–water partition coefficient (Wildman–Crippen LogP) is -1.99. The van der Waals surface area contributed by atoms with Gasteiger partial charge in [0.05, 0.1) is 0 Å². The van der Waals surface area contributed by atoms with E-state index in [2.05, 4.69) is 6.92 Å². The Morgan fingerprint density at radius 2 is 2.22 bits per heavy atom. The molecule has 1 rings (SSSR count). The molecule has 0 aliphatic carbocycles. The number of rotatable bonds is 1. The van der Waals surface area contributed by atoms with Crippen LogP contribution in [0.3, 0.4) is 0 Å². The fraction of sp³-hybridized carbons (Fsp3) is 0.833. The second-order valence-electron chi connectivity index (χ2n) is 1.92. The van der Waals surface area contributed by atoms with Crippen molar-refractivity contribution in [2.24, 2.45) is 0 Å². The van der Waals surface area contributed by atoms with Crippen molar-refractivity contribution >= 4 is 23.1 Å². The predicted molar refractivity (Wildman–Crippen MR) is 34.7 cm³/mol. The third kappa shape index (κ3) is 4.81. The maximum atomic E-state index is 5.24. The van der Waals surface area contributed by atoms with Crippen LogP contribution in [-0.4, -0.2) is 35.8 Å². The normalized spacial score (nSPS) is 24.3. The van der Waals surface area contributed by atoms with Gasteiger partial charge in [0.1, 0.15) is 0 Å². The Labute approximate surface area is 90.1 Å². The van der Waals surface area contributed by atoms with Crippen molar-refractivity contribution in [2.45, 2.75) is 25.4 Å². The van der Waals surface area contributed by atoms with Crippen molar-refractivity contribution in [3.05, 3.63) is 6.92 Å². The van der Waals surface area contributed by atoms with Crippen molar-refractivity contribution in [2.75, 3.05) is 6.61 Å². The van der Waals surface area contributed by atoms with E-state index in [1.54, 1.807) is 0 Å².